The largest absolute Gasteiger partial charge is 0.312 e. The summed E-state index contributed by atoms with van der Waals surface area (Å²) in [5.74, 6) is -1.72. The number of nitrogens with one attached hydrogen (secondary N) is 1. The lowest BCUT2D eigenvalue weighted by molar-refractivity contribution is 0.0969. The van der Waals surface area contributed by atoms with Gasteiger partial charge in [-0.25, -0.2) is 0 Å². The van der Waals surface area contributed by atoms with E-state index in [0.717, 1.165) is 17.3 Å². The lowest BCUT2D eigenvalue weighted by Gasteiger charge is -2.02. The van der Waals surface area contributed by atoms with E-state index in [1.807, 2.05) is 44.2 Å². The highest BCUT2D eigenvalue weighted by Crippen LogP contribution is 2.11. The molecule has 2 rings (SSSR count). The van der Waals surface area contributed by atoms with Gasteiger partial charge in [-0.3, -0.25) is 9.59 Å². The highest BCUT2D eigenvalue weighted by atomic mass is 16.1. The van der Waals surface area contributed by atoms with Gasteiger partial charge < -0.3 is 5.41 Å². The van der Waals surface area contributed by atoms with E-state index >= 15 is 0 Å². The maximum atomic E-state index is 11.6. The Balaban J connectivity index is 0.000000300. The van der Waals surface area contributed by atoms with Crippen molar-refractivity contribution < 1.29 is 9.59 Å². The number of aryl methyl sites for hydroxylation is 2. The molecule has 2 aromatic rings. The number of hydrogen-bond acceptors (Lipinski definition) is 6. The first-order valence-corrected chi connectivity index (χ1v) is 9.23. The zero-order chi connectivity index (χ0) is 22.5. The van der Waals surface area contributed by atoms with Crippen LogP contribution in [0.2, 0.25) is 0 Å². The Morgan fingerprint density at radius 3 is 1.53 bits per heavy atom. The highest BCUT2D eigenvalue weighted by molar-refractivity contribution is 5.97. The number of benzene rings is 2. The van der Waals surface area contributed by atoms with Crippen molar-refractivity contribution in [2.45, 2.75) is 26.7 Å². The van der Waals surface area contributed by atoms with Crippen molar-refractivity contribution in [1.82, 2.24) is 0 Å². The van der Waals surface area contributed by atoms with Crippen LogP contribution in [0.4, 0.5) is 0 Å². The Labute approximate surface area is 176 Å². The van der Waals surface area contributed by atoms with Gasteiger partial charge >= 0.3 is 0 Å². The minimum Gasteiger partial charge on any atom is -0.312 e. The van der Waals surface area contributed by atoms with Gasteiger partial charge in [0.05, 0.1) is 24.1 Å². The van der Waals surface area contributed by atoms with E-state index < -0.39 is 11.8 Å². The number of carbonyl (C=O) groups excluding carboxylic acids is 2. The number of nitriles is 3. The van der Waals surface area contributed by atoms with Gasteiger partial charge in [-0.05, 0) is 13.8 Å². The molecule has 0 radical (unpaired) electrons. The second-order valence-corrected chi connectivity index (χ2v) is 6.70. The molecule has 0 fully saturated rings. The summed E-state index contributed by atoms with van der Waals surface area (Å²) in [5.41, 5.74) is 3.32. The Morgan fingerprint density at radius 2 is 1.20 bits per heavy atom. The van der Waals surface area contributed by atoms with Crippen molar-refractivity contribution in [3.05, 3.63) is 70.8 Å². The summed E-state index contributed by atoms with van der Waals surface area (Å²) in [4.78, 5) is 23.2. The van der Waals surface area contributed by atoms with Crippen LogP contribution in [0, 0.1) is 65.1 Å². The maximum Gasteiger partial charge on any atom is 0.165 e. The number of nitrogens with zero attached hydrogens (tertiary/aromatic N) is 3. The molecular formula is C24H22N4O2. The molecule has 1 unspecified atom stereocenters. The molecule has 6 heteroatoms. The molecule has 0 saturated carbocycles. The predicted molar refractivity (Wildman–Crippen MR) is 113 cm³/mol. The average molecular weight is 398 g/mol. The van der Waals surface area contributed by atoms with Crippen molar-refractivity contribution in [3.63, 3.8) is 0 Å². The number of rotatable bonds is 7. The van der Waals surface area contributed by atoms with Crippen LogP contribution in [0.3, 0.4) is 0 Å². The monoisotopic (exact) mass is 398 g/mol. The molecule has 0 bridgehead atoms. The molecule has 1 atom stereocenters. The van der Waals surface area contributed by atoms with Gasteiger partial charge in [-0.15, -0.1) is 0 Å². The molecule has 0 aliphatic heterocycles. The number of ketones is 2. The van der Waals surface area contributed by atoms with E-state index in [4.69, 9.17) is 21.2 Å². The van der Waals surface area contributed by atoms with Crippen molar-refractivity contribution >= 4 is 17.8 Å². The van der Waals surface area contributed by atoms with Crippen LogP contribution in [0.25, 0.3) is 0 Å². The van der Waals surface area contributed by atoms with Crippen molar-refractivity contribution in [3.8, 4) is 18.2 Å². The molecule has 30 heavy (non-hydrogen) atoms. The van der Waals surface area contributed by atoms with Crippen LogP contribution in [-0.2, 0) is 0 Å². The second kappa shape index (κ2) is 12.4. The van der Waals surface area contributed by atoms with E-state index in [9.17, 15) is 9.59 Å². The van der Waals surface area contributed by atoms with E-state index in [2.05, 4.69) is 0 Å². The third kappa shape index (κ3) is 7.89. The number of Topliss-reactive ketones (excluding diaryl/α,β-unsaturated/α-hetero) is 2. The lowest BCUT2D eigenvalue weighted by Crippen LogP contribution is -2.07. The van der Waals surface area contributed by atoms with Crippen molar-refractivity contribution in [2.24, 2.45) is 11.8 Å². The van der Waals surface area contributed by atoms with Gasteiger partial charge in [0.15, 0.2) is 11.6 Å². The molecule has 2 aromatic carbocycles. The third-order valence-electron chi connectivity index (χ3n) is 4.22. The standard InChI is InChI=1S/C12H12N2O.C12H10N2O/c2*1-9-2-4-11(5-3-9)12(15)6-10(7-13)8-14/h2-5,7,10,13H,6H2,1H3;2-5,10H,6H2,1H3. The zero-order valence-corrected chi connectivity index (χ0v) is 16.9. The summed E-state index contributed by atoms with van der Waals surface area (Å²) < 4.78 is 0. The summed E-state index contributed by atoms with van der Waals surface area (Å²) in [5, 5.41) is 32.6. The summed E-state index contributed by atoms with van der Waals surface area (Å²) in [6.45, 7) is 3.88. The van der Waals surface area contributed by atoms with Crippen LogP contribution in [0.15, 0.2) is 48.5 Å². The quantitative estimate of drug-likeness (QED) is 0.538. The lowest BCUT2D eigenvalue weighted by atomic mass is 10.00. The van der Waals surface area contributed by atoms with Crippen LogP contribution in [-0.4, -0.2) is 17.8 Å². The van der Waals surface area contributed by atoms with Crippen LogP contribution < -0.4 is 0 Å². The Bertz CT molecular complexity index is 990. The van der Waals surface area contributed by atoms with E-state index in [0.29, 0.717) is 11.1 Å². The molecular weight excluding hydrogens is 376 g/mol. The van der Waals surface area contributed by atoms with Crippen LogP contribution in [0.5, 0.6) is 0 Å². The number of hydrogen-bond donors (Lipinski definition) is 1. The first-order valence-electron chi connectivity index (χ1n) is 9.23. The SMILES string of the molecule is Cc1ccc(C(=O)CC(C#N)C#N)cc1.Cc1ccc(C(=O)CC(C#N)C=N)cc1. The van der Waals surface area contributed by atoms with Gasteiger partial charge in [0, 0.05) is 30.2 Å². The molecule has 150 valence electrons. The molecule has 0 aromatic heterocycles. The predicted octanol–water partition coefficient (Wildman–Crippen LogP) is 4.59. The first-order chi connectivity index (χ1) is 14.3. The summed E-state index contributed by atoms with van der Waals surface area (Å²) in [6.07, 6.45) is 1.06. The maximum absolute atomic E-state index is 11.6. The Hall–Kier alpha value is -4.08. The fourth-order valence-corrected chi connectivity index (χ4v) is 2.36. The molecule has 0 aliphatic rings. The summed E-state index contributed by atoms with van der Waals surface area (Å²) in [7, 11) is 0. The molecule has 0 heterocycles. The smallest absolute Gasteiger partial charge is 0.165 e. The Kier molecular flexibility index (Phi) is 9.90. The molecule has 1 N–H and O–H groups in total. The van der Waals surface area contributed by atoms with E-state index in [-0.39, 0.29) is 24.4 Å². The molecule has 6 nitrogen and oxygen atoms in total. The summed E-state index contributed by atoms with van der Waals surface area (Å²) in [6, 6.07) is 19.8. The normalized spacial score (nSPS) is 10.4. The van der Waals surface area contributed by atoms with Crippen molar-refractivity contribution in [2.75, 3.05) is 0 Å². The topological polar surface area (TPSA) is 129 Å². The van der Waals surface area contributed by atoms with Gasteiger partial charge in [0.25, 0.3) is 0 Å². The zero-order valence-electron chi connectivity index (χ0n) is 16.9. The number of carbonyl (C=O) groups is 2. The Morgan fingerprint density at radius 1 is 0.800 bits per heavy atom. The van der Waals surface area contributed by atoms with Gasteiger partial charge in [-0.1, -0.05) is 59.7 Å². The van der Waals surface area contributed by atoms with Crippen molar-refractivity contribution in [1.29, 1.82) is 21.2 Å². The highest BCUT2D eigenvalue weighted by Gasteiger charge is 2.14. The fraction of sp³-hybridized carbons (Fsp3) is 0.250. The molecule has 0 saturated heterocycles. The van der Waals surface area contributed by atoms with Crippen LogP contribution >= 0.6 is 0 Å². The van der Waals surface area contributed by atoms with E-state index in [1.165, 1.54) is 0 Å². The van der Waals surface area contributed by atoms with Crippen LogP contribution in [0.1, 0.15) is 44.7 Å². The third-order valence-corrected chi connectivity index (χ3v) is 4.22. The summed E-state index contributed by atoms with van der Waals surface area (Å²) >= 11 is 0. The van der Waals surface area contributed by atoms with Gasteiger partial charge in [-0.2, -0.15) is 15.8 Å². The average Bonchev–Trinajstić information content (AvgIpc) is 2.76. The minimum absolute atomic E-state index is 0.0317. The first kappa shape index (κ1) is 24.0. The second-order valence-electron chi connectivity index (χ2n) is 6.70. The molecule has 0 aliphatic carbocycles. The van der Waals surface area contributed by atoms with E-state index in [1.54, 1.807) is 36.4 Å². The van der Waals surface area contributed by atoms with Gasteiger partial charge in [0.2, 0.25) is 0 Å². The van der Waals surface area contributed by atoms with Gasteiger partial charge in [0.1, 0.15) is 5.92 Å². The molecule has 0 amide bonds. The minimum atomic E-state index is -0.848. The molecule has 0 spiro atoms. The fourth-order valence-electron chi connectivity index (χ4n) is 2.36.